The molecule has 0 bridgehead atoms. The van der Waals surface area contributed by atoms with Crippen LogP contribution in [0.5, 0.6) is 0 Å². The summed E-state index contributed by atoms with van der Waals surface area (Å²) in [6.45, 7) is 0.879. The number of aromatic nitrogens is 4. The maximum absolute atomic E-state index is 13.0. The molecule has 2 aromatic heterocycles. The summed E-state index contributed by atoms with van der Waals surface area (Å²) >= 11 is 6.24. The predicted octanol–water partition coefficient (Wildman–Crippen LogP) is 4.07. The second kappa shape index (κ2) is 7.37. The first-order valence-corrected chi connectivity index (χ1v) is 10.1. The van der Waals surface area contributed by atoms with Crippen LogP contribution in [0.4, 0.5) is 0 Å². The number of fused-ring (bicyclic) bond motifs is 2. The third-order valence-electron chi connectivity index (χ3n) is 5.47. The number of halogens is 1. The lowest BCUT2D eigenvalue weighted by molar-refractivity contribution is 0.0934. The molecule has 0 saturated carbocycles. The second-order valence-corrected chi connectivity index (χ2v) is 7.71. The fraction of sp³-hybridized carbons (Fsp3) is 0.227. The summed E-state index contributed by atoms with van der Waals surface area (Å²) in [5.41, 5.74) is 2.66. The Labute approximate surface area is 172 Å². The van der Waals surface area contributed by atoms with Crippen molar-refractivity contribution in [3.05, 3.63) is 82.5 Å². The van der Waals surface area contributed by atoms with Crippen molar-refractivity contribution >= 4 is 28.4 Å². The quantitative estimate of drug-likeness (QED) is 0.525. The van der Waals surface area contributed by atoms with Gasteiger partial charge in [0, 0.05) is 36.5 Å². The highest BCUT2D eigenvalue weighted by Crippen LogP contribution is 2.27. The fourth-order valence-electron chi connectivity index (χ4n) is 4.04. The molecule has 0 saturated heterocycles. The van der Waals surface area contributed by atoms with Crippen LogP contribution in [0, 0.1) is 0 Å². The number of H-pyrrole nitrogens is 1. The van der Waals surface area contributed by atoms with Crippen molar-refractivity contribution in [1.82, 2.24) is 25.1 Å². The van der Waals surface area contributed by atoms with Crippen LogP contribution < -0.4 is 5.32 Å². The molecule has 2 aromatic carbocycles. The maximum Gasteiger partial charge on any atom is 0.253 e. The van der Waals surface area contributed by atoms with Crippen molar-refractivity contribution in [1.29, 1.82) is 0 Å². The van der Waals surface area contributed by atoms with Crippen LogP contribution in [0.1, 0.15) is 40.0 Å². The van der Waals surface area contributed by atoms with Crippen LogP contribution >= 0.6 is 11.6 Å². The number of hydrogen-bond acceptors (Lipinski definition) is 3. The van der Waals surface area contributed by atoms with Gasteiger partial charge in [0.2, 0.25) is 0 Å². The molecule has 0 fully saturated rings. The van der Waals surface area contributed by atoms with Gasteiger partial charge in [-0.25, -0.2) is 0 Å². The van der Waals surface area contributed by atoms with Gasteiger partial charge < -0.3 is 14.9 Å². The van der Waals surface area contributed by atoms with Gasteiger partial charge >= 0.3 is 0 Å². The Morgan fingerprint density at radius 2 is 2.00 bits per heavy atom. The number of hydrogen-bond donors (Lipinski definition) is 2. The molecule has 0 radical (unpaired) electrons. The van der Waals surface area contributed by atoms with Crippen LogP contribution in [-0.2, 0) is 19.4 Å². The average molecular weight is 406 g/mol. The molecule has 7 heteroatoms. The number of nitrogens with one attached hydrogen (secondary N) is 2. The molecule has 0 unspecified atom stereocenters. The number of rotatable bonds is 5. The number of benzene rings is 2. The van der Waals surface area contributed by atoms with E-state index in [1.54, 1.807) is 12.1 Å². The van der Waals surface area contributed by atoms with Gasteiger partial charge in [-0.05, 0) is 30.2 Å². The normalized spacial score (nSPS) is 14.1. The van der Waals surface area contributed by atoms with Crippen LogP contribution in [0.2, 0.25) is 5.02 Å². The number of carbonyl (C=O) groups is 1. The lowest BCUT2D eigenvalue weighted by atomic mass is 10.0. The van der Waals surface area contributed by atoms with Gasteiger partial charge in [-0.15, -0.1) is 10.2 Å². The van der Waals surface area contributed by atoms with Crippen LogP contribution in [0.25, 0.3) is 10.9 Å². The van der Waals surface area contributed by atoms with E-state index in [9.17, 15) is 4.79 Å². The van der Waals surface area contributed by atoms with Gasteiger partial charge in [0.15, 0.2) is 5.82 Å². The van der Waals surface area contributed by atoms with Gasteiger partial charge in [0.25, 0.3) is 5.91 Å². The monoisotopic (exact) mass is 405 g/mol. The minimum absolute atomic E-state index is 0.212. The molecule has 146 valence electrons. The van der Waals surface area contributed by atoms with Gasteiger partial charge in [-0.1, -0.05) is 41.9 Å². The Balaban J connectivity index is 1.51. The van der Waals surface area contributed by atoms with E-state index >= 15 is 0 Å². The molecule has 0 spiro atoms. The molecule has 4 aromatic rings. The predicted molar refractivity (Wildman–Crippen MR) is 112 cm³/mol. The van der Waals surface area contributed by atoms with Crippen molar-refractivity contribution in [2.24, 2.45) is 0 Å². The fourth-order valence-corrected chi connectivity index (χ4v) is 4.26. The van der Waals surface area contributed by atoms with Crippen molar-refractivity contribution in [3.63, 3.8) is 0 Å². The number of aromatic amines is 1. The molecule has 5 rings (SSSR count). The number of carbonyl (C=O) groups excluding carboxylic acids is 1. The molecule has 1 atom stereocenters. The summed E-state index contributed by atoms with van der Waals surface area (Å²) in [6, 6.07) is 14.9. The molecule has 1 aliphatic heterocycles. The zero-order chi connectivity index (χ0) is 19.8. The summed E-state index contributed by atoms with van der Waals surface area (Å²) < 4.78 is 2.13. The molecule has 3 heterocycles. The van der Waals surface area contributed by atoms with Gasteiger partial charge in [0.1, 0.15) is 5.82 Å². The first-order chi connectivity index (χ1) is 14.2. The van der Waals surface area contributed by atoms with Crippen molar-refractivity contribution in [2.75, 3.05) is 0 Å². The average Bonchev–Trinajstić information content (AvgIpc) is 3.44. The van der Waals surface area contributed by atoms with E-state index in [2.05, 4.69) is 31.1 Å². The molecular weight excluding hydrogens is 386 g/mol. The van der Waals surface area contributed by atoms with Crippen LogP contribution in [0.15, 0.2) is 54.7 Å². The van der Waals surface area contributed by atoms with E-state index in [4.69, 9.17) is 11.6 Å². The molecule has 29 heavy (non-hydrogen) atoms. The highest BCUT2D eigenvalue weighted by Gasteiger charge is 2.27. The summed E-state index contributed by atoms with van der Waals surface area (Å²) in [5, 5.41) is 13.5. The Hall–Kier alpha value is -3.12. The van der Waals surface area contributed by atoms with Crippen molar-refractivity contribution in [2.45, 2.75) is 31.8 Å². The first kappa shape index (κ1) is 17.9. The largest absolute Gasteiger partial charge is 0.361 e. The lowest BCUT2D eigenvalue weighted by Crippen LogP contribution is -2.32. The van der Waals surface area contributed by atoms with E-state index in [0.717, 1.165) is 47.5 Å². The van der Waals surface area contributed by atoms with E-state index in [0.29, 0.717) is 17.0 Å². The zero-order valence-corrected chi connectivity index (χ0v) is 16.5. The number of para-hydroxylation sites is 1. The maximum atomic E-state index is 13.0. The van der Waals surface area contributed by atoms with Crippen LogP contribution in [-0.4, -0.2) is 25.7 Å². The zero-order valence-electron chi connectivity index (χ0n) is 15.7. The van der Waals surface area contributed by atoms with Crippen molar-refractivity contribution < 1.29 is 4.79 Å². The Morgan fingerprint density at radius 3 is 2.90 bits per heavy atom. The third kappa shape index (κ3) is 3.29. The third-order valence-corrected chi connectivity index (χ3v) is 5.80. The highest BCUT2D eigenvalue weighted by molar-refractivity contribution is 6.33. The van der Waals surface area contributed by atoms with E-state index in [-0.39, 0.29) is 11.9 Å². The number of nitrogens with zero attached hydrogens (tertiary/aromatic N) is 3. The summed E-state index contributed by atoms with van der Waals surface area (Å²) in [5.74, 6) is 1.56. The SMILES string of the molecule is O=C(N[C@@H](Cc1c[nH]c2ccccc12)c1nnc2n1CCC2)c1ccccc1Cl. The smallest absolute Gasteiger partial charge is 0.253 e. The number of aryl methyl sites for hydroxylation is 1. The molecular formula is C22H20ClN5O. The van der Waals surface area contributed by atoms with Gasteiger partial charge in [-0.3, -0.25) is 4.79 Å². The Bertz CT molecular complexity index is 1190. The summed E-state index contributed by atoms with van der Waals surface area (Å²) in [6.07, 6.45) is 4.58. The standard InChI is InChI=1S/C22H20ClN5O/c23-17-8-3-1-7-16(17)22(29)25-19(21-27-26-20-10-5-11-28(20)21)12-14-13-24-18-9-4-2-6-15(14)18/h1-4,6-9,13,19,24H,5,10-12H2,(H,25,29)/t19-/m0/s1. The molecule has 6 nitrogen and oxygen atoms in total. The first-order valence-electron chi connectivity index (χ1n) is 9.73. The molecule has 0 aliphatic carbocycles. The minimum Gasteiger partial charge on any atom is -0.361 e. The summed E-state index contributed by atoms with van der Waals surface area (Å²) in [7, 11) is 0. The van der Waals surface area contributed by atoms with Crippen molar-refractivity contribution in [3.8, 4) is 0 Å². The number of amides is 1. The van der Waals surface area contributed by atoms with E-state index in [1.165, 1.54) is 0 Å². The van der Waals surface area contributed by atoms with E-state index < -0.39 is 0 Å². The Kier molecular flexibility index (Phi) is 4.56. The lowest BCUT2D eigenvalue weighted by Gasteiger charge is -2.19. The molecule has 1 aliphatic rings. The van der Waals surface area contributed by atoms with Gasteiger partial charge in [-0.2, -0.15) is 0 Å². The Morgan fingerprint density at radius 1 is 1.17 bits per heavy atom. The van der Waals surface area contributed by atoms with E-state index in [1.807, 2.05) is 36.5 Å². The van der Waals surface area contributed by atoms with Crippen LogP contribution in [0.3, 0.4) is 0 Å². The minimum atomic E-state index is -0.308. The molecule has 1 amide bonds. The molecule has 2 N–H and O–H groups in total. The topological polar surface area (TPSA) is 75.6 Å². The van der Waals surface area contributed by atoms with Gasteiger partial charge in [0.05, 0.1) is 16.6 Å². The summed E-state index contributed by atoms with van der Waals surface area (Å²) in [4.78, 5) is 16.3. The highest BCUT2D eigenvalue weighted by atomic mass is 35.5. The second-order valence-electron chi connectivity index (χ2n) is 7.30.